The Hall–Kier alpha value is -1.98. The fourth-order valence-electron chi connectivity index (χ4n) is 3.09. The van der Waals surface area contributed by atoms with Gasteiger partial charge in [-0.2, -0.15) is 17.5 Å². The van der Waals surface area contributed by atoms with Gasteiger partial charge < -0.3 is 4.90 Å². The molecule has 1 saturated heterocycles. The van der Waals surface area contributed by atoms with Gasteiger partial charge in [-0.25, -0.2) is 13.1 Å². The Labute approximate surface area is 161 Å². The molecule has 7 nitrogen and oxygen atoms in total. The molecule has 1 aliphatic heterocycles. The number of likely N-dealkylation sites (N-methyl/N-ethyl adjacent to an activating group) is 1. The van der Waals surface area contributed by atoms with Gasteiger partial charge in [0.1, 0.15) is 0 Å². The van der Waals surface area contributed by atoms with Gasteiger partial charge in [-0.15, -0.1) is 5.10 Å². The zero-order valence-corrected chi connectivity index (χ0v) is 16.4. The van der Waals surface area contributed by atoms with Crippen LogP contribution in [0.2, 0.25) is 0 Å². The maximum absolute atomic E-state index is 12.6. The van der Waals surface area contributed by atoms with Crippen molar-refractivity contribution in [1.82, 2.24) is 24.2 Å². The molecule has 3 rings (SSSR count). The molecular weight excluding hydrogens is 395 g/mol. The zero-order valence-electron chi connectivity index (χ0n) is 15.6. The van der Waals surface area contributed by atoms with Crippen LogP contribution in [-0.2, 0) is 29.3 Å². The van der Waals surface area contributed by atoms with Crippen molar-refractivity contribution >= 4 is 10.0 Å². The van der Waals surface area contributed by atoms with Crippen LogP contribution in [0.4, 0.5) is 13.2 Å². The van der Waals surface area contributed by atoms with Gasteiger partial charge in [0.05, 0.1) is 36.3 Å². The number of alkyl halides is 3. The Kier molecular flexibility index (Phi) is 5.78. The summed E-state index contributed by atoms with van der Waals surface area (Å²) >= 11 is 0. The van der Waals surface area contributed by atoms with Crippen molar-refractivity contribution in [3.63, 3.8) is 0 Å². The van der Waals surface area contributed by atoms with E-state index in [2.05, 4.69) is 10.3 Å². The Bertz CT molecular complexity index is 912. The summed E-state index contributed by atoms with van der Waals surface area (Å²) in [4.78, 5) is 2.00. The fourth-order valence-corrected chi connectivity index (χ4v) is 4.88. The predicted octanol–water partition coefficient (Wildman–Crippen LogP) is 1.81. The normalized spacial score (nSPS) is 20.1. The van der Waals surface area contributed by atoms with Crippen LogP contribution in [0, 0.1) is 0 Å². The van der Waals surface area contributed by atoms with Crippen LogP contribution >= 0.6 is 0 Å². The minimum Gasteiger partial charge on any atom is -0.301 e. The number of aromatic nitrogens is 3. The highest BCUT2D eigenvalue weighted by atomic mass is 32.2. The molecule has 154 valence electrons. The average molecular weight is 417 g/mol. The highest BCUT2D eigenvalue weighted by molar-refractivity contribution is 7.89. The van der Waals surface area contributed by atoms with Crippen molar-refractivity contribution in [2.45, 2.75) is 32.2 Å². The number of benzene rings is 1. The lowest BCUT2D eigenvalue weighted by molar-refractivity contribution is -0.137. The summed E-state index contributed by atoms with van der Waals surface area (Å²) in [5, 5.41) is 7.96. The molecule has 1 aliphatic rings. The first-order chi connectivity index (χ1) is 13.1. The summed E-state index contributed by atoms with van der Waals surface area (Å²) in [5.41, 5.74) is 0.430. The smallest absolute Gasteiger partial charge is 0.301 e. The quantitative estimate of drug-likeness (QED) is 0.717. The third-order valence-corrected chi connectivity index (χ3v) is 6.75. The van der Waals surface area contributed by atoms with E-state index in [1.807, 2.05) is 18.9 Å². The van der Waals surface area contributed by atoms with E-state index in [-0.39, 0.29) is 24.9 Å². The predicted molar refractivity (Wildman–Crippen MR) is 96.9 cm³/mol. The van der Waals surface area contributed by atoms with Crippen LogP contribution < -0.4 is 0 Å². The molecule has 0 radical (unpaired) electrons. The lowest BCUT2D eigenvalue weighted by Gasteiger charge is -2.20. The lowest BCUT2D eigenvalue weighted by atomic mass is 10.1. The van der Waals surface area contributed by atoms with Gasteiger partial charge in [0.15, 0.2) is 0 Å². The summed E-state index contributed by atoms with van der Waals surface area (Å²) in [7, 11) is -1.46. The Morgan fingerprint density at radius 3 is 2.50 bits per heavy atom. The van der Waals surface area contributed by atoms with Gasteiger partial charge in [-0.1, -0.05) is 24.3 Å². The van der Waals surface area contributed by atoms with E-state index in [9.17, 15) is 21.6 Å². The first-order valence-corrected chi connectivity index (χ1v) is 10.4. The Balaban J connectivity index is 1.64. The summed E-state index contributed by atoms with van der Waals surface area (Å²) in [6.07, 6.45) is -2.76. The van der Waals surface area contributed by atoms with Crippen molar-refractivity contribution < 1.29 is 21.6 Å². The van der Waals surface area contributed by atoms with Crippen molar-refractivity contribution in [3.8, 4) is 0 Å². The van der Waals surface area contributed by atoms with Crippen LogP contribution in [-0.4, -0.2) is 64.5 Å². The maximum Gasteiger partial charge on any atom is 0.416 e. The van der Waals surface area contributed by atoms with Gasteiger partial charge in [-0.05, 0) is 31.3 Å². The monoisotopic (exact) mass is 417 g/mol. The molecule has 0 aliphatic carbocycles. The SMILES string of the molecule is CCN(C)C1CN(Cc2cn(Cc3ccc(C(F)(F)F)cc3)nn2)S(=O)(=O)C1. The van der Waals surface area contributed by atoms with E-state index >= 15 is 0 Å². The number of rotatable bonds is 6. The summed E-state index contributed by atoms with van der Waals surface area (Å²) in [5.74, 6) is 0.0804. The molecule has 0 spiro atoms. The minimum absolute atomic E-state index is 0.0582. The van der Waals surface area contributed by atoms with Gasteiger partial charge in [0, 0.05) is 12.6 Å². The molecule has 1 atom stereocenters. The van der Waals surface area contributed by atoms with E-state index in [1.54, 1.807) is 6.20 Å². The van der Waals surface area contributed by atoms with Crippen LogP contribution in [0.3, 0.4) is 0 Å². The van der Waals surface area contributed by atoms with Gasteiger partial charge in [-0.3, -0.25) is 0 Å². The molecule has 1 aromatic carbocycles. The number of hydrogen-bond acceptors (Lipinski definition) is 5. The van der Waals surface area contributed by atoms with Crippen molar-refractivity contribution in [3.05, 3.63) is 47.3 Å². The second-order valence-corrected chi connectivity index (χ2v) is 8.91. The van der Waals surface area contributed by atoms with Crippen molar-refractivity contribution in [2.24, 2.45) is 0 Å². The average Bonchev–Trinajstić information content (AvgIpc) is 3.18. The second-order valence-electron chi connectivity index (χ2n) is 6.90. The Morgan fingerprint density at radius 1 is 1.21 bits per heavy atom. The molecule has 11 heteroatoms. The topological polar surface area (TPSA) is 71.3 Å². The number of halogens is 3. The van der Waals surface area contributed by atoms with Crippen molar-refractivity contribution in [1.29, 1.82) is 0 Å². The second kappa shape index (κ2) is 7.80. The standard InChI is InChI=1S/C17H22F3N5O2S/c1-3-23(2)16-11-25(28(26,27)12-16)10-15-9-24(22-21-15)8-13-4-6-14(7-5-13)17(18,19)20/h4-7,9,16H,3,8,10-12H2,1-2H3. The van der Waals surface area contributed by atoms with Crippen LogP contribution in [0.25, 0.3) is 0 Å². The van der Waals surface area contributed by atoms with Gasteiger partial charge in [0.2, 0.25) is 10.0 Å². The molecule has 1 aromatic heterocycles. The van der Waals surface area contributed by atoms with E-state index in [1.165, 1.54) is 21.1 Å². The maximum atomic E-state index is 12.6. The molecule has 1 unspecified atom stereocenters. The number of sulfonamides is 1. The third-order valence-electron chi connectivity index (χ3n) is 4.88. The summed E-state index contributed by atoms with van der Waals surface area (Å²) in [6.45, 7) is 3.51. The molecule has 0 N–H and O–H groups in total. The zero-order chi connectivity index (χ0) is 20.5. The van der Waals surface area contributed by atoms with E-state index in [0.29, 0.717) is 17.8 Å². The third kappa shape index (κ3) is 4.70. The largest absolute Gasteiger partial charge is 0.416 e. The highest BCUT2D eigenvalue weighted by Gasteiger charge is 2.38. The van der Waals surface area contributed by atoms with Crippen molar-refractivity contribution in [2.75, 3.05) is 25.9 Å². The van der Waals surface area contributed by atoms with E-state index < -0.39 is 21.8 Å². The first kappa shape index (κ1) is 20.7. The molecule has 28 heavy (non-hydrogen) atoms. The van der Waals surface area contributed by atoms with Crippen LogP contribution in [0.1, 0.15) is 23.7 Å². The molecular formula is C17H22F3N5O2S. The van der Waals surface area contributed by atoms with E-state index in [0.717, 1.165) is 18.7 Å². The molecule has 0 saturated carbocycles. The van der Waals surface area contributed by atoms with Crippen LogP contribution in [0.5, 0.6) is 0 Å². The van der Waals surface area contributed by atoms with Gasteiger partial charge >= 0.3 is 6.18 Å². The first-order valence-electron chi connectivity index (χ1n) is 8.81. The van der Waals surface area contributed by atoms with Crippen LogP contribution in [0.15, 0.2) is 30.5 Å². The molecule has 1 fully saturated rings. The number of nitrogens with zero attached hydrogens (tertiary/aromatic N) is 5. The fraction of sp³-hybridized carbons (Fsp3) is 0.529. The minimum atomic E-state index is -4.37. The number of hydrogen-bond donors (Lipinski definition) is 0. The summed E-state index contributed by atoms with van der Waals surface area (Å²) < 4.78 is 65.5. The summed E-state index contributed by atoms with van der Waals surface area (Å²) in [6, 6.07) is 4.76. The molecule has 0 bridgehead atoms. The highest BCUT2D eigenvalue weighted by Crippen LogP contribution is 2.29. The Morgan fingerprint density at radius 2 is 1.89 bits per heavy atom. The van der Waals surface area contributed by atoms with Gasteiger partial charge in [0.25, 0.3) is 0 Å². The molecule has 2 aromatic rings. The molecule has 2 heterocycles. The van der Waals surface area contributed by atoms with E-state index in [4.69, 9.17) is 0 Å². The molecule has 0 amide bonds. The lowest BCUT2D eigenvalue weighted by Crippen LogP contribution is -2.35.